The van der Waals surface area contributed by atoms with Gasteiger partial charge in [-0.25, -0.2) is 0 Å². The van der Waals surface area contributed by atoms with Crippen molar-refractivity contribution in [2.45, 2.75) is 25.8 Å². The van der Waals surface area contributed by atoms with Crippen molar-refractivity contribution in [3.8, 4) is 0 Å². The molecule has 0 amide bonds. The fraction of sp³-hybridized carbons (Fsp3) is 0.500. The second-order valence-electron chi connectivity index (χ2n) is 6.65. The summed E-state index contributed by atoms with van der Waals surface area (Å²) in [6.07, 6.45) is 4.70. The Morgan fingerprint density at radius 2 is 2.35 bits per heavy atom. The van der Waals surface area contributed by atoms with Crippen LogP contribution >= 0.6 is 28.1 Å². The lowest BCUT2D eigenvalue weighted by molar-refractivity contribution is 0.0215. The molecule has 4 atom stereocenters. The molecule has 0 aliphatic carbocycles. The number of nitrogens with zero attached hydrogens (tertiary/aromatic N) is 1. The summed E-state index contributed by atoms with van der Waals surface area (Å²) in [5.74, 6) is 1.48. The van der Waals surface area contributed by atoms with Gasteiger partial charge in [-0.05, 0) is 84.0 Å². The summed E-state index contributed by atoms with van der Waals surface area (Å²) in [6, 6.07) is 6.81. The Morgan fingerprint density at radius 1 is 1.52 bits per heavy atom. The Morgan fingerprint density at radius 3 is 3.00 bits per heavy atom. The third-order valence-corrected chi connectivity index (χ3v) is 6.01. The van der Waals surface area contributed by atoms with E-state index < -0.39 is 0 Å². The van der Waals surface area contributed by atoms with Crippen LogP contribution in [0.4, 0.5) is 5.69 Å². The number of halogens is 1. The van der Waals surface area contributed by atoms with Gasteiger partial charge in [0.15, 0.2) is 5.11 Å². The van der Waals surface area contributed by atoms with Crippen molar-refractivity contribution in [3.05, 3.63) is 40.9 Å². The van der Waals surface area contributed by atoms with Crippen LogP contribution in [0, 0.1) is 18.8 Å². The summed E-state index contributed by atoms with van der Waals surface area (Å²) in [4.78, 5) is 2.59. The highest BCUT2D eigenvalue weighted by Crippen LogP contribution is 2.36. The van der Waals surface area contributed by atoms with Gasteiger partial charge in [0.2, 0.25) is 0 Å². The van der Waals surface area contributed by atoms with Gasteiger partial charge in [0, 0.05) is 23.6 Å². The summed E-state index contributed by atoms with van der Waals surface area (Å²) in [5.41, 5.74) is 2.23. The average molecular weight is 394 g/mol. The lowest BCUT2D eigenvalue weighted by atomic mass is 9.76. The maximum absolute atomic E-state index is 5.45. The molecule has 1 aromatic carbocycles. The van der Waals surface area contributed by atoms with E-state index in [0.29, 0.717) is 17.1 Å². The molecule has 3 nitrogen and oxygen atoms in total. The van der Waals surface area contributed by atoms with E-state index >= 15 is 0 Å². The fourth-order valence-electron chi connectivity index (χ4n) is 3.76. The van der Waals surface area contributed by atoms with E-state index in [-0.39, 0.29) is 0 Å². The molecule has 1 aromatic rings. The second kappa shape index (κ2) is 7.32. The first kappa shape index (κ1) is 16.9. The molecular weight excluding hydrogens is 370 g/mol. The average Bonchev–Trinajstić information content (AvgIpc) is 2.56. The van der Waals surface area contributed by atoms with E-state index in [1.54, 1.807) is 0 Å². The number of nitrogens with one attached hydrogen (secondary N) is 2. The minimum absolute atomic E-state index is 0.589. The molecule has 0 radical (unpaired) electrons. The van der Waals surface area contributed by atoms with Gasteiger partial charge in [0.05, 0.1) is 5.69 Å². The third-order valence-electron chi connectivity index (χ3n) is 5.10. The Bertz CT molecular complexity index is 604. The number of fused-ring (bicyclic) bond motifs is 3. The summed E-state index contributed by atoms with van der Waals surface area (Å²) < 4.78 is 1.04. The smallest absolute Gasteiger partial charge is 0.170 e. The van der Waals surface area contributed by atoms with Gasteiger partial charge in [-0.2, -0.15) is 0 Å². The molecule has 3 heterocycles. The quantitative estimate of drug-likeness (QED) is 0.598. The van der Waals surface area contributed by atoms with Crippen molar-refractivity contribution in [3.63, 3.8) is 0 Å². The van der Waals surface area contributed by atoms with Crippen LogP contribution in [0.25, 0.3) is 0 Å². The zero-order valence-electron chi connectivity index (χ0n) is 13.5. The number of thiocarbonyl (C=S) groups is 1. The van der Waals surface area contributed by atoms with E-state index in [1.807, 2.05) is 6.07 Å². The normalized spacial score (nSPS) is 29.1. The molecule has 2 N–H and O–H groups in total. The maximum atomic E-state index is 5.45. The Labute approximate surface area is 152 Å². The molecule has 23 heavy (non-hydrogen) atoms. The van der Waals surface area contributed by atoms with Crippen LogP contribution in [0.5, 0.6) is 0 Å². The van der Waals surface area contributed by atoms with Crippen molar-refractivity contribution in [2.75, 3.05) is 25.0 Å². The van der Waals surface area contributed by atoms with Crippen molar-refractivity contribution < 1.29 is 0 Å². The molecule has 3 aliphatic rings. The molecular formula is C18H24BrN3S. The Balaban J connectivity index is 1.51. The van der Waals surface area contributed by atoms with E-state index in [9.17, 15) is 0 Å². The standard InChI is InChI=1S/C18H24BrN3S/c1-3-13-11-22-7-6-14(13)9-15(22)10-20-18(23)21-17-5-4-12(2)8-16(17)19/h3-5,8,13-15H,1,6-7,9-11H2,2H3,(H2,20,21,23)/t13-,14+,15+/m0/s1. The summed E-state index contributed by atoms with van der Waals surface area (Å²) in [7, 11) is 0. The van der Waals surface area contributed by atoms with Crippen LogP contribution in [-0.4, -0.2) is 35.7 Å². The van der Waals surface area contributed by atoms with Gasteiger partial charge in [-0.15, -0.1) is 6.58 Å². The van der Waals surface area contributed by atoms with Crippen LogP contribution in [0.1, 0.15) is 18.4 Å². The van der Waals surface area contributed by atoms with Crippen LogP contribution in [0.2, 0.25) is 0 Å². The molecule has 1 unspecified atom stereocenters. The molecule has 124 valence electrons. The van der Waals surface area contributed by atoms with Crippen molar-refractivity contribution in [2.24, 2.45) is 11.8 Å². The summed E-state index contributed by atoms with van der Waals surface area (Å²) in [6.45, 7) is 9.35. The molecule has 0 saturated carbocycles. The van der Waals surface area contributed by atoms with E-state index in [1.165, 1.54) is 24.9 Å². The minimum atomic E-state index is 0.589. The summed E-state index contributed by atoms with van der Waals surface area (Å²) in [5, 5.41) is 7.36. The van der Waals surface area contributed by atoms with Crippen molar-refractivity contribution >= 4 is 38.9 Å². The maximum Gasteiger partial charge on any atom is 0.170 e. The predicted molar refractivity (Wildman–Crippen MR) is 105 cm³/mol. The van der Waals surface area contributed by atoms with Crippen LogP contribution in [-0.2, 0) is 0 Å². The molecule has 3 aliphatic heterocycles. The number of benzene rings is 1. The van der Waals surface area contributed by atoms with Crippen molar-refractivity contribution in [1.29, 1.82) is 0 Å². The van der Waals surface area contributed by atoms with Gasteiger partial charge >= 0.3 is 0 Å². The lowest BCUT2D eigenvalue weighted by Crippen LogP contribution is -2.56. The highest BCUT2D eigenvalue weighted by molar-refractivity contribution is 9.10. The first-order chi connectivity index (χ1) is 11.1. The monoisotopic (exact) mass is 393 g/mol. The molecule has 2 bridgehead atoms. The highest BCUT2D eigenvalue weighted by atomic mass is 79.9. The highest BCUT2D eigenvalue weighted by Gasteiger charge is 2.38. The molecule has 5 heteroatoms. The van der Waals surface area contributed by atoms with Gasteiger partial charge in [-0.3, -0.25) is 4.90 Å². The minimum Gasteiger partial charge on any atom is -0.361 e. The van der Waals surface area contributed by atoms with E-state index in [2.05, 4.69) is 63.2 Å². The first-order valence-electron chi connectivity index (χ1n) is 8.24. The number of anilines is 1. The topological polar surface area (TPSA) is 27.3 Å². The Kier molecular flexibility index (Phi) is 5.39. The zero-order chi connectivity index (χ0) is 16.4. The van der Waals surface area contributed by atoms with Gasteiger partial charge < -0.3 is 10.6 Å². The number of hydrogen-bond donors (Lipinski definition) is 2. The van der Waals surface area contributed by atoms with E-state index in [0.717, 1.165) is 29.2 Å². The first-order valence-corrected chi connectivity index (χ1v) is 9.44. The SMILES string of the molecule is C=C[C@H]1CN2CC[C@@H]1C[C@@H]2CNC(=S)Nc1ccc(C)cc1Br. The molecule has 0 spiro atoms. The number of hydrogen-bond acceptors (Lipinski definition) is 2. The third kappa shape index (κ3) is 3.95. The number of piperidine rings is 3. The summed E-state index contributed by atoms with van der Waals surface area (Å²) >= 11 is 9.03. The molecule has 4 rings (SSSR count). The van der Waals surface area contributed by atoms with Gasteiger partial charge in [0.1, 0.15) is 0 Å². The molecule has 3 fully saturated rings. The molecule has 0 aromatic heterocycles. The van der Waals surface area contributed by atoms with Gasteiger partial charge in [-0.1, -0.05) is 12.1 Å². The fourth-order valence-corrected chi connectivity index (χ4v) is 4.54. The predicted octanol–water partition coefficient (Wildman–Crippen LogP) is 3.94. The second-order valence-corrected chi connectivity index (χ2v) is 7.91. The number of aryl methyl sites for hydroxylation is 1. The van der Waals surface area contributed by atoms with E-state index in [4.69, 9.17) is 12.2 Å². The lowest BCUT2D eigenvalue weighted by Gasteiger charge is -2.49. The molecule has 3 saturated heterocycles. The van der Waals surface area contributed by atoms with Crippen LogP contribution in [0.15, 0.2) is 35.3 Å². The Hall–Kier alpha value is -0.910. The largest absolute Gasteiger partial charge is 0.361 e. The number of rotatable bonds is 4. The van der Waals surface area contributed by atoms with Crippen LogP contribution < -0.4 is 10.6 Å². The zero-order valence-corrected chi connectivity index (χ0v) is 15.9. The van der Waals surface area contributed by atoms with Crippen molar-refractivity contribution in [1.82, 2.24) is 10.2 Å². The van der Waals surface area contributed by atoms with Gasteiger partial charge in [0.25, 0.3) is 0 Å². The van der Waals surface area contributed by atoms with Crippen LogP contribution in [0.3, 0.4) is 0 Å².